The Hall–Kier alpha value is -1.35. The molecule has 0 saturated carbocycles. The molecule has 1 atom stereocenters. The van der Waals surface area contributed by atoms with Gasteiger partial charge in [0.1, 0.15) is 0 Å². The van der Waals surface area contributed by atoms with Gasteiger partial charge in [-0.05, 0) is 22.1 Å². The number of aliphatic hydroxyl groups excluding tert-OH is 1. The number of carbonyl (C=O) groups is 1. The Morgan fingerprint density at radius 2 is 1.89 bits per heavy atom. The molecule has 3 heteroatoms. The number of hydrogen-bond donors (Lipinski definition) is 1. The average Bonchev–Trinajstić information content (AvgIpc) is 2.69. The Balaban J connectivity index is 2.26. The van der Waals surface area contributed by atoms with Crippen molar-refractivity contribution in [2.45, 2.75) is 46.9 Å². The summed E-state index contributed by atoms with van der Waals surface area (Å²) >= 11 is 0. The monoisotopic (exact) mass is 247 g/mol. The summed E-state index contributed by atoms with van der Waals surface area (Å²) in [5, 5.41) is 10.3. The highest BCUT2D eigenvalue weighted by Crippen LogP contribution is 2.34. The van der Waals surface area contributed by atoms with Crippen LogP contribution in [0.5, 0.6) is 0 Å². The van der Waals surface area contributed by atoms with E-state index in [1.54, 1.807) is 6.92 Å². The highest BCUT2D eigenvalue weighted by atomic mass is 16.3. The zero-order valence-electron chi connectivity index (χ0n) is 11.5. The van der Waals surface area contributed by atoms with Crippen LogP contribution in [-0.4, -0.2) is 15.9 Å². The summed E-state index contributed by atoms with van der Waals surface area (Å²) in [5.41, 5.74) is 3.11. The van der Waals surface area contributed by atoms with Crippen molar-refractivity contribution in [1.29, 1.82) is 0 Å². The van der Waals surface area contributed by atoms with Gasteiger partial charge in [-0.3, -0.25) is 4.79 Å². The second-order valence-electron chi connectivity index (χ2n) is 6.17. The molecule has 0 fully saturated rings. The summed E-state index contributed by atoms with van der Waals surface area (Å²) in [6.45, 7) is 9.01. The Bertz CT molecular complexity index is 474. The van der Waals surface area contributed by atoms with E-state index in [1.165, 1.54) is 5.56 Å². The lowest BCUT2D eigenvalue weighted by atomic mass is 9.84. The second kappa shape index (κ2) is 4.39. The van der Waals surface area contributed by atoms with Crippen LogP contribution in [0.1, 0.15) is 50.5 Å². The van der Waals surface area contributed by atoms with Crippen LogP contribution in [0.3, 0.4) is 0 Å². The molecule has 1 N–H and O–H groups in total. The molecule has 1 aliphatic heterocycles. The van der Waals surface area contributed by atoms with Gasteiger partial charge >= 0.3 is 0 Å². The largest absolute Gasteiger partial charge is 0.388 e. The van der Waals surface area contributed by atoms with Crippen LogP contribution in [0, 0.1) is 5.41 Å². The van der Waals surface area contributed by atoms with E-state index in [-0.39, 0.29) is 11.3 Å². The first-order valence-corrected chi connectivity index (χ1v) is 6.34. The summed E-state index contributed by atoms with van der Waals surface area (Å²) in [4.78, 5) is 13.2. The molecule has 0 aliphatic carbocycles. The lowest BCUT2D eigenvalue weighted by Crippen LogP contribution is -2.21. The van der Waals surface area contributed by atoms with Crippen molar-refractivity contribution in [1.82, 2.24) is 4.90 Å². The van der Waals surface area contributed by atoms with Crippen molar-refractivity contribution in [2.75, 3.05) is 0 Å². The zero-order chi connectivity index (χ0) is 13.5. The van der Waals surface area contributed by atoms with Gasteiger partial charge in [-0.1, -0.05) is 39.0 Å². The molecule has 1 unspecified atom stereocenters. The second-order valence-corrected chi connectivity index (χ2v) is 6.17. The van der Waals surface area contributed by atoms with Gasteiger partial charge in [0.05, 0.1) is 6.10 Å². The molecule has 18 heavy (non-hydrogen) atoms. The fraction of sp³-hybridized carbons (Fsp3) is 0.533. The Morgan fingerprint density at radius 1 is 1.28 bits per heavy atom. The maximum absolute atomic E-state index is 11.4. The van der Waals surface area contributed by atoms with Crippen molar-refractivity contribution in [3.05, 3.63) is 34.9 Å². The predicted molar refractivity (Wildman–Crippen MR) is 70.8 cm³/mol. The van der Waals surface area contributed by atoms with E-state index < -0.39 is 6.10 Å². The Kier molecular flexibility index (Phi) is 3.20. The molecule has 1 amide bonds. The molecule has 0 radical (unpaired) electrons. The van der Waals surface area contributed by atoms with Gasteiger partial charge < -0.3 is 10.0 Å². The molecule has 98 valence electrons. The molecular formula is C15H21NO2. The molecule has 2 rings (SSSR count). The maximum atomic E-state index is 11.4. The highest BCUT2D eigenvalue weighted by Gasteiger charge is 2.26. The van der Waals surface area contributed by atoms with Gasteiger partial charge in [0.25, 0.3) is 0 Å². The molecule has 0 bridgehead atoms. The summed E-state index contributed by atoms with van der Waals surface area (Å²) in [6, 6.07) is 6.04. The van der Waals surface area contributed by atoms with Gasteiger partial charge in [0, 0.05) is 20.0 Å². The first-order valence-electron chi connectivity index (χ1n) is 6.34. The number of benzene rings is 1. The minimum absolute atomic E-state index is 0.101. The van der Waals surface area contributed by atoms with E-state index in [0.717, 1.165) is 11.1 Å². The summed E-state index contributed by atoms with van der Waals surface area (Å²) in [6.07, 6.45) is -0.478. The highest BCUT2D eigenvalue weighted by molar-refractivity contribution is 5.74. The summed E-state index contributed by atoms with van der Waals surface area (Å²) in [7, 11) is 0. The standard InChI is InChI=1S/C15H21NO2/c1-10(17)16-8-12-6-5-11(7-13(12)9-16)14(18)15(2,3)4/h5-7,14,18H,8-9H2,1-4H3. The van der Waals surface area contributed by atoms with Gasteiger partial charge in [-0.15, -0.1) is 0 Å². The third-order valence-corrected chi connectivity index (χ3v) is 3.53. The first-order chi connectivity index (χ1) is 8.29. The van der Waals surface area contributed by atoms with E-state index in [9.17, 15) is 9.90 Å². The fourth-order valence-corrected chi connectivity index (χ4v) is 2.31. The van der Waals surface area contributed by atoms with E-state index in [0.29, 0.717) is 13.1 Å². The van der Waals surface area contributed by atoms with Crippen LogP contribution in [0.15, 0.2) is 18.2 Å². The van der Waals surface area contributed by atoms with Crippen LogP contribution >= 0.6 is 0 Å². The van der Waals surface area contributed by atoms with Crippen molar-refractivity contribution < 1.29 is 9.90 Å². The van der Waals surface area contributed by atoms with Gasteiger partial charge in [-0.2, -0.15) is 0 Å². The van der Waals surface area contributed by atoms with Crippen molar-refractivity contribution in [2.24, 2.45) is 5.41 Å². The van der Waals surface area contributed by atoms with E-state index in [2.05, 4.69) is 0 Å². The molecule has 1 aromatic rings. The topological polar surface area (TPSA) is 40.5 Å². The Morgan fingerprint density at radius 3 is 2.44 bits per heavy atom. The van der Waals surface area contributed by atoms with Crippen LogP contribution in [0.25, 0.3) is 0 Å². The summed E-state index contributed by atoms with van der Waals surface area (Å²) < 4.78 is 0. The quantitative estimate of drug-likeness (QED) is 0.828. The lowest BCUT2D eigenvalue weighted by Gasteiger charge is -2.26. The average molecular weight is 247 g/mol. The zero-order valence-corrected chi connectivity index (χ0v) is 11.5. The van der Waals surface area contributed by atoms with Gasteiger partial charge in [-0.25, -0.2) is 0 Å². The molecule has 0 saturated heterocycles. The number of rotatable bonds is 1. The number of carbonyl (C=O) groups excluding carboxylic acids is 1. The SMILES string of the molecule is CC(=O)N1Cc2ccc(C(O)C(C)(C)C)cc2C1. The first kappa shape index (κ1) is 13.1. The normalized spacial score (nSPS) is 16.6. The van der Waals surface area contributed by atoms with Crippen LogP contribution in [0.4, 0.5) is 0 Å². The third kappa shape index (κ3) is 2.41. The van der Waals surface area contributed by atoms with Crippen LogP contribution in [0.2, 0.25) is 0 Å². The number of amides is 1. The lowest BCUT2D eigenvalue weighted by molar-refractivity contribution is -0.129. The van der Waals surface area contributed by atoms with E-state index >= 15 is 0 Å². The molecular weight excluding hydrogens is 226 g/mol. The molecule has 0 aromatic heterocycles. The number of nitrogens with zero attached hydrogens (tertiary/aromatic N) is 1. The van der Waals surface area contributed by atoms with Crippen LogP contribution in [-0.2, 0) is 17.9 Å². The van der Waals surface area contributed by atoms with Crippen molar-refractivity contribution in [3.8, 4) is 0 Å². The molecule has 1 aromatic carbocycles. The minimum Gasteiger partial charge on any atom is -0.388 e. The molecule has 1 heterocycles. The van der Waals surface area contributed by atoms with Gasteiger partial charge in [0.15, 0.2) is 0 Å². The smallest absolute Gasteiger partial charge is 0.220 e. The third-order valence-electron chi connectivity index (χ3n) is 3.53. The van der Waals surface area contributed by atoms with Crippen LogP contribution < -0.4 is 0 Å². The molecule has 1 aliphatic rings. The van der Waals surface area contributed by atoms with Crippen molar-refractivity contribution >= 4 is 5.91 Å². The number of aliphatic hydroxyl groups is 1. The molecule has 0 spiro atoms. The number of hydrogen-bond acceptors (Lipinski definition) is 2. The minimum atomic E-state index is -0.478. The predicted octanol–water partition coefficient (Wildman–Crippen LogP) is 2.63. The summed E-state index contributed by atoms with van der Waals surface area (Å²) in [5.74, 6) is 0.101. The van der Waals surface area contributed by atoms with E-state index in [1.807, 2.05) is 43.9 Å². The van der Waals surface area contributed by atoms with Gasteiger partial charge in [0.2, 0.25) is 5.91 Å². The van der Waals surface area contributed by atoms with Crippen molar-refractivity contribution in [3.63, 3.8) is 0 Å². The maximum Gasteiger partial charge on any atom is 0.220 e. The fourth-order valence-electron chi connectivity index (χ4n) is 2.31. The molecule has 3 nitrogen and oxygen atoms in total. The van der Waals surface area contributed by atoms with E-state index in [4.69, 9.17) is 0 Å². The Labute approximate surface area is 108 Å². The number of fused-ring (bicyclic) bond motifs is 1.